The van der Waals surface area contributed by atoms with Crippen molar-refractivity contribution in [1.29, 1.82) is 0 Å². The molecule has 0 spiro atoms. The molecule has 0 aromatic heterocycles. The van der Waals surface area contributed by atoms with Gasteiger partial charge < -0.3 is 15.4 Å². The monoisotopic (exact) mass is 230 g/mol. The van der Waals surface area contributed by atoms with Crippen molar-refractivity contribution in [3.63, 3.8) is 0 Å². The summed E-state index contributed by atoms with van der Waals surface area (Å²) in [6, 6.07) is 4.53. The molecular weight excluding hydrogens is 214 g/mol. The third-order valence-corrected chi connectivity index (χ3v) is 2.33. The van der Waals surface area contributed by atoms with E-state index in [2.05, 4.69) is 0 Å². The zero-order valence-electron chi connectivity index (χ0n) is 9.41. The quantitative estimate of drug-likeness (QED) is 0.789. The molecule has 0 saturated carbocycles. The maximum atomic E-state index is 12.8. The van der Waals surface area contributed by atoms with E-state index >= 15 is 0 Å². The lowest BCUT2D eigenvalue weighted by molar-refractivity contribution is 0.151. The van der Waals surface area contributed by atoms with E-state index in [-0.39, 0.29) is 5.56 Å². The molecule has 0 amide bonds. The maximum absolute atomic E-state index is 12.8. The second kappa shape index (κ2) is 5.65. The largest absolute Gasteiger partial charge is 0.399 e. The zero-order chi connectivity index (χ0) is 12.1. The first-order chi connectivity index (χ1) is 7.56. The standard InChI is InChI=1S/C11H16F2N2O/c1-15(5-6-16-2)10-4-3-8(14)7-9(10)11(12)13/h3-4,7,11H,5-6,14H2,1-2H3. The van der Waals surface area contributed by atoms with E-state index < -0.39 is 6.43 Å². The molecule has 1 aromatic rings. The van der Waals surface area contributed by atoms with Crippen LogP contribution in [0.25, 0.3) is 0 Å². The highest BCUT2D eigenvalue weighted by molar-refractivity contribution is 5.59. The Labute approximate surface area is 93.8 Å². The van der Waals surface area contributed by atoms with Gasteiger partial charge in [-0.15, -0.1) is 0 Å². The van der Waals surface area contributed by atoms with Crippen LogP contribution >= 0.6 is 0 Å². The van der Waals surface area contributed by atoms with Gasteiger partial charge >= 0.3 is 0 Å². The van der Waals surface area contributed by atoms with Crippen LogP contribution in [0.3, 0.4) is 0 Å². The highest BCUT2D eigenvalue weighted by Gasteiger charge is 2.15. The van der Waals surface area contributed by atoms with E-state index in [4.69, 9.17) is 10.5 Å². The number of likely N-dealkylation sites (N-methyl/N-ethyl adjacent to an activating group) is 1. The molecule has 0 aliphatic rings. The first-order valence-electron chi connectivity index (χ1n) is 4.94. The van der Waals surface area contributed by atoms with E-state index in [0.29, 0.717) is 24.5 Å². The summed E-state index contributed by atoms with van der Waals surface area (Å²) in [7, 11) is 3.32. The van der Waals surface area contributed by atoms with E-state index in [1.807, 2.05) is 0 Å². The van der Waals surface area contributed by atoms with Crippen LogP contribution in [-0.4, -0.2) is 27.3 Å². The van der Waals surface area contributed by atoms with Crippen molar-refractivity contribution >= 4 is 11.4 Å². The van der Waals surface area contributed by atoms with Gasteiger partial charge in [0.25, 0.3) is 6.43 Å². The summed E-state index contributed by atoms with van der Waals surface area (Å²) >= 11 is 0. The molecule has 0 bridgehead atoms. The Kier molecular flexibility index (Phi) is 4.49. The molecule has 5 heteroatoms. The number of anilines is 2. The minimum absolute atomic E-state index is 0.0430. The number of benzene rings is 1. The lowest BCUT2D eigenvalue weighted by Crippen LogP contribution is -2.23. The van der Waals surface area contributed by atoms with Crippen LogP contribution in [-0.2, 0) is 4.74 Å². The third-order valence-electron chi connectivity index (χ3n) is 2.33. The third kappa shape index (κ3) is 3.06. The summed E-state index contributed by atoms with van der Waals surface area (Å²) < 4.78 is 30.5. The second-order valence-electron chi connectivity index (χ2n) is 3.53. The Morgan fingerprint density at radius 2 is 2.12 bits per heavy atom. The van der Waals surface area contributed by atoms with Crippen molar-refractivity contribution in [3.8, 4) is 0 Å². The van der Waals surface area contributed by atoms with Gasteiger partial charge in [-0.25, -0.2) is 8.78 Å². The Morgan fingerprint density at radius 3 is 2.69 bits per heavy atom. The van der Waals surface area contributed by atoms with Gasteiger partial charge in [-0.2, -0.15) is 0 Å². The highest BCUT2D eigenvalue weighted by Crippen LogP contribution is 2.30. The molecule has 0 heterocycles. The van der Waals surface area contributed by atoms with Gasteiger partial charge in [0, 0.05) is 37.6 Å². The number of hydrogen-bond donors (Lipinski definition) is 1. The van der Waals surface area contributed by atoms with Crippen molar-refractivity contribution in [2.75, 3.05) is 37.9 Å². The fourth-order valence-corrected chi connectivity index (χ4v) is 1.44. The molecule has 0 aliphatic carbocycles. The van der Waals surface area contributed by atoms with Gasteiger partial charge in [-0.05, 0) is 18.2 Å². The number of nitrogen functional groups attached to an aromatic ring is 1. The summed E-state index contributed by atoms with van der Waals surface area (Å²) in [5.41, 5.74) is 6.28. The van der Waals surface area contributed by atoms with Crippen LogP contribution in [0.5, 0.6) is 0 Å². The van der Waals surface area contributed by atoms with Gasteiger partial charge in [-0.1, -0.05) is 0 Å². The van der Waals surface area contributed by atoms with E-state index in [0.717, 1.165) is 0 Å². The van der Waals surface area contributed by atoms with Crippen LogP contribution in [0.15, 0.2) is 18.2 Å². The van der Waals surface area contributed by atoms with Gasteiger partial charge in [-0.3, -0.25) is 0 Å². The Balaban J connectivity index is 2.93. The topological polar surface area (TPSA) is 38.5 Å². The van der Waals surface area contributed by atoms with Gasteiger partial charge in [0.1, 0.15) is 0 Å². The fourth-order valence-electron chi connectivity index (χ4n) is 1.44. The molecule has 0 fully saturated rings. The lowest BCUT2D eigenvalue weighted by Gasteiger charge is -2.22. The number of hydrogen-bond acceptors (Lipinski definition) is 3. The number of methoxy groups -OCH3 is 1. The zero-order valence-corrected chi connectivity index (χ0v) is 9.41. The summed E-state index contributed by atoms with van der Waals surface area (Å²) in [6.45, 7) is 1.05. The molecule has 0 aliphatic heterocycles. The van der Waals surface area contributed by atoms with E-state index in [1.54, 1.807) is 31.2 Å². The van der Waals surface area contributed by atoms with Gasteiger partial charge in [0.15, 0.2) is 0 Å². The number of ether oxygens (including phenoxy) is 1. The minimum Gasteiger partial charge on any atom is -0.399 e. The maximum Gasteiger partial charge on any atom is 0.265 e. The normalized spacial score (nSPS) is 10.8. The summed E-state index contributed by atoms with van der Waals surface area (Å²) in [5.74, 6) is 0. The van der Waals surface area contributed by atoms with Gasteiger partial charge in [0.2, 0.25) is 0 Å². The average molecular weight is 230 g/mol. The molecule has 0 unspecified atom stereocenters. The van der Waals surface area contributed by atoms with Crippen molar-refractivity contribution in [2.24, 2.45) is 0 Å². The fraction of sp³-hybridized carbons (Fsp3) is 0.455. The van der Waals surface area contributed by atoms with Crippen LogP contribution in [0, 0.1) is 0 Å². The Hall–Kier alpha value is -1.36. The highest BCUT2D eigenvalue weighted by atomic mass is 19.3. The van der Waals surface area contributed by atoms with Crippen LogP contribution in [0.1, 0.15) is 12.0 Å². The lowest BCUT2D eigenvalue weighted by atomic mass is 10.1. The molecule has 90 valence electrons. The van der Waals surface area contributed by atoms with Gasteiger partial charge in [0.05, 0.1) is 6.61 Å². The Morgan fingerprint density at radius 1 is 1.44 bits per heavy atom. The van der Waals surface area contributed by atoms with Crippen LogP contribution in [0.2, 0.25) is 0 Å². The molecule has 0 atom stereocenters. The van der Waals surface area contributed by atoms with E-state index in [1.165, 1.54) is 6.07 Å². The smallest absolute Gasteiger partial charge is 0.265 e. The summed E-state index contributed by atoms with van der Waals surface area (Å²) in [6.07, 6.45) is -2.52. The van der Waals surface area contributed by atoms with Crippen molar-refractivity contribution in [1.82, 2.24) is 0 Å². The number of halogens is 2. The van der Waals surface area contributed by atoms with E-state index in [9.17, 15) is 8.78 Å². The first kappa shape index (κ1) is 12.7. The molecule has 0 radical (unpaired) electrons. The number of nitrogens with zero attached hydrogens (tertiary/aromatic N) is 1. The second-order valence-corrected chi connectivity index (χ2v) is 3.53. The predicted molar refractivity (Wildman–Crippen MR) is 61.0 cm³/mol. The van der Waals surface area contributed by atoms with Crippen molar-refractivity contribution in [2.45, 2.75) is 6.43 Å². The minimum atomic E-state index is -2.52. The average Bonchev–Trinajstić information content (AvgIpc) is 2.25. The SMILES string of the molecule is COCCN(C)c1ccc(N)cc1C(F)F. The molecule has 3 nitrogen and oxygen atoms in total. The van der Waals surface area contributed by atoms with Crippen LogP contribution < -0.4 is 10.6 Å². The number of rotatable bonds is 5. The van der Waals surface area contributed by atoms with Crippen molar-refractivity contribution in [3.05, 3.63) is 23.8 Å². The molecule has 1 aromatic carbocycles. The molecule has 0 saturated heterocycles. The summed E-state index contributed by atoms with van der Waals surface area (Å²) in [4.78, 5) is 1.73. The number of alkyl halides is 2. The molecule has 1 rings (SSSR count). The van der Waals surface area contributed by atoms with Crippen LogP contribution in [0.4, 0.5) is 20.2 Å². The molecular formula is C11H16F2N2O. The molecule has 2 N–H and O–H groups in total. The predicted octanol–water partition coefficient (Wildman–Crippen LogP) is 2.29. The number of nitrogens with two attached hydrogens (primary N) is 1. The Bertz CT molecular complexity index is 345. The first-order valence-corrected chi connectivity index (χ1v) is 4.94. The van der Waals surface area contributed by atoms with Crippen molar-refractivity contribution < 1.29 is 13.5 Å². The molecule has 16 heavy (non-hydrogen) atoms. The summed E-state index contributed by atoms with van der Waals surface area (Å²) in [5, 5.41) is 0.